The first-order chi connectivity index (χ1) is 12.7. The number of benzene rings is 2. The topological polar surface area (TPSA) is 66.6 Å². The molecule has 0 unspecified atom stereocenters. The highest BCUT2D eigenvalue weighted by atomic mass is 19.1. The molecular weight excluding hydrogens is 335 g/mol. The minimum Gasteiger partial charge on any atom is -0.441 e. The van der Waals surface area contributed by atoms with Crippen LogP contribution in [-0.2, 0) is 11.2 Å². The average molecular weight is 354 g/mol. The molecule has 134 valence electrons. The van der Waals surface area contributed by atoms with Gasteiger partial charge in [-0.25, -0.2) is 9.37 Å². The van der Waals surface area contributed by atoms with Crippen LogP contribution in [0.2, 0.25) is 0 Å². The monoisotopic (exact) mass is 354 g/mol. The highest BCUT2D eigenvalue weighted by Crippen LogP contribution is 2.24. The zero-order valence-corrected chi connectivity index (χ0v) is 14.1. The van der Waals surface area contributed by atoms with E-state index in [0.717, 1.165) is 5.69 Å². The van der Waals surface area contributed by atoms with Crippen LogP contribution < -0.4 is 4.90 Å². The van der Waals surface area contributed by atoms with E-state index in [-0.39, 0.29) is 31.3 Å². The molecule has 0 aliphatic heterocycles. The van der Waals surface area contributed by atoms with Crippen LogP contribution in [-0.4, -0.2) is 29.1 Å². The molecule has 0 atom stereocenters. The molecule has 1 aromatic heterocycles. The van der Waals surface area contributed by atoms with Crippen LogP contribution in [0.4, 0.5) is 10.1 Å². The number of hydrogen-bond donors (Lipinski definition) is 1. The molecular formula is C20H19FN2O3. The van der Waals surface area contributed by atoms with Gasteiger partial charge >= 0.3 is 0 Å². The number of amides is 1. The van der Waals surface area contributed by atoms with Crippen molar-refractivity contribution in [3.8, 4) is 11.3 Å². The van der Waals surface area contributed by atoms with E-state index >= 15 is 0 Å². The first-order valence-electron chi connectivity index (χ1n) is 8.35. The van der Waals surface area contributed by atoms with Gasteiger partial charge < -0.3 is 14.4 Å². The maximum atomic E-state index is 13.8. The molecule has 0 bridgehead atoms. The highest BCUT2D eigenvalue weighted by molar-refractivity contribution is 5.93. The number of carbonyl (C=O) groups excluding carboxylic acids is 1. The largest absolute Gasteiger partial charge is 0.441 e. The quantitative estimate of drug-likeness (QED) is 0.706. The van der Waals surface area contributed by atoms with Crippen molar-refractivity contribution in [1.29, 1.82) is 0 Å². The van der Waals surface area contributed by atoms with Crippen molar-refractivity contribution in [3.05, 3.63) is 72.5 Å². The van der Waals surface area contributed by atoms with E-state index in [1.165, 1.54) is 17.2 Å². The molecule has 1 amide bonds. The number of carbonyl (C=O) groups is 1. The Kier molecular flexibility index (Phi) is 5.76. The lowest BCUT2D eigenvalue weighted by Gasteiger charge is -2.21. The molecule has 3 rings (SSSR count). The molecule has 5 nitrogen and oxygen atoms in total. The lowest BCUT2D eigenvalue weighted by molar-refractivity contribution is -0.118. The minimum atomic E-state index is -0.385. The summed E-state index contributed by atoms with van der Waals surface area (Å²) in [5.74, 6) is 0.176. The summed E-state index contributed by atoms with van der Waals surface area (Å²) in [7, 11) is 0. The number of aliphatic hydroxyl groups excluding tert-OH is 1. The molecule has 3 aromatic rings. The number of aryl methyl sites for hydroxylation is 1. The Morgan fingerprint density at radius 3 is 2.58 bits per heavy atom. The normalized spacial score (nSPS) is 10.7. The number of aliphatic hydroxyl groups is 1. The fraction of sp³-hybridized carbons (Fsp3) is 0.200. The van der Waals surface area contributed by atoms with Crippen LogP contribution >= 0.6 is 0 Å². The second-order valence-electron chi connectivity index (χ2n) is 5.70. The Labute approximate surface area is 150 Å². The third-order valence-electron chi connectivity index (χ3n) is 3.94. The number of rotatable bonds is 7. The molecule has 0 aliphatic carbocycles. The summed E-state index contributed by atoms with van der Waals surface area (Å²) in [6.45, 7) is 0.0893. The fourth-order valence-electron chi connectivity index (χ4n) is 2.67. The number of aromatic nitrogens is 1. The van der Waals surface area contributed by atoms with Crippen molar-refractivity contribution in [2.75, 3.05) is 18.1 Å². The Morgan fingerprint density at radius 2 is 1.85 bits per heavy atom. The Balaban J connectivity index is 1.67. The number of halogens is 1. The van der Waals surface area contributed by atoms with Gasteiger partial charge in [0.15, 0.2) is 11.7 Å². The van der Waals surface area contributed by atoms with E-state index in [2.05, 4.69) is 4.98 Å². The van der Waals surface area contributed by atoms with Gasteiger partial charge in [-0.2, -0.15) is 0 Å². The molecule has 1 heterocycles. The third-order valence-corrected chi connectivity index (χ3v) is 3.94. The van der Waals surface area contributed by atoms with Gasteiger partial charge in [0.1, 0.15) is 5.82 Å². The predicted molar refractivity (Wildman–Crippen MR) is 96.1 cm³/mol. The first-order valence-corrected chi connectivity index (χ1v) is 8.35. The van der Waals surface area contributed by atoms with Gasteiger partial charge in [0.2, 0.25) is 5.91 Å². The van der Waals surface area contributed by atoms with Crippen LogP contribution in [0, 0.1) is 5.82 Å². The molecule has 0 radical (unpaired) electrons. The van der Waals surface area contributed by atoms with Crippen LogP contribution in [0.25, 0.3) is 11.3 Å². The minimum absolute atomic E-state index is 0.128. The molecule has 6 heteroatoms. The van der Waals surface area contributed by atoms with Crippen molar-refractivity contribution in [3.63, 3.8) is 0 Å². The standard InChI is InChI=1S/C20H19FN2O3/c21-17-9-5-4-8-16(17)18-14-22-19(26-18)10-11-20(25)23(12-13-24)15-6-2-1-3-7-15/h1-9,14,24H,10-13H2. The summed E-state index contributed by atoms with van der Waals surface area (Å²) in [5, 5.41) is 9.23. The van der Waals surface area contributed by atoms with E-state index in [1.54, 1.807) is 18.2 Å². The lowest BCUT2D eigenvalue weighted by atomic mass is 10.2. The first kappa shape index (κ1) is 17.8. The second-order valence-corrected chi connectivity index (χ2v) is 5.70. The Bertz CT molecular complexity index is 864. The zero-order chi connectivity index (χ0) is 18.4. The number of oxazole rings is 1. The molecule has 0 saturated carbocycles. The fourth-order valence-corrected chi connectivity index (χ4v) is 2.67. The van der Waals surface area contributed by atoms with E-state index in [0.29, 0.717) is 23.6 Å². The Hall–Kier alpha value is -2.99. The van der Waals surface area contributed by atoms with Gasteiger partial charge in [-0.05, 0) is 24.3 Å². The van der Waals surface area contributed by atoms with E-state index in [9.17, 15) is 14.3 Å². The van der Waals surface area contributed by atoms with Gasteiger partial charge in [-0.1, -0.05) is 30.3 Å². The second kappa shape index (κ2) is 8.40. The van der Waals surface area contributed by atoms with Crippen LogP contribution in [0.1, 0.15) is 12.3 Å². The summed E-state index contributed by atoms with van der Waals surface area (Å²) in [4.78, 5) is 18.2. The summed E-state index contributed by atoms with van der Waals surface area (Å²) < 4.78 is 19.4. The predicted octanol–water partition coefficient (Wildman–Crippen LogP) is 3.44. The third kappa shape index (κ3) is 4.15. The molecule has 1 N–H and O–H groups in total. The smallest absolute Gasteiger partial charge is 0.227 e. The van der Waals surface area contributed by atoms with Gasteiger partial charge in [0.25, 0.3) is 0 Å². The van der Waals surface area contributed by atoms with Crippen molar-refractivity contribution in [2.45, 2.75) is 12.8 Å². The molecule has 0 spiro atoms. The number of anilines is 1. The molecule has 26 heavy (non-hydrogen) atoms. The van der Waals surface area contributed by atoms with Crippen molar-refractivity contribution >= 4 is 11.6 Å². The van der Waals surface area contributed by atoms with Crippen molar-refractivity contribution < 1.29 is 18.7 Å². The SMILES string of the molecule is O=C(CCc1ncc(-c2ccccc2F)o1)N(CCO)c1ccccc1. The van der Waals surface area contributed by atoms with E-state index in [4.69, 9.17) is 4.42 Å². The lowest BCUT2D eigenvalue weighted by Crippen LogP contribution is -2.33. The summed E-state index contributed by atoms with van der Waals surface area (Å²) >= 11 is 0. The van der Waals surface area contributed by atoms with Gasteiger partial charge in [0, 0.05) is 25.1 Å². The van der Waals surface area contributed by atoms with Gasteiger partial charge in [-0.15, -0.1) is 0 Å². The molecule has 0 fully saturated rings. The molecule has 0 saturated heterocycles. The molecule has 0 aliphatic rings. The Morgan fingerprint density at radius 1 is 1.12 bits per heavy atom. The van der Waals surface area contributed by atoms with Crippen LogP contribution in [0.15, 0.2) is 65.2 Å². The maximum absolute atomic E-state index is 13.8. The van der Waals surface area contributed by atoms with Gasteiger partial charge in [-0.3, -0.25) is 4.79 Å². The van der Waals surface area contributed by atoms with Crippen molar-refractivity contribution in [2.24, 2.45) is 0 Å². The highest BCUT2D eigenvalue weighted by Gasteiger charge is 2.17. The maximum Gasteiger partial charge on any atom is 0.227 e. The van der Waals surface area contributed by atoms with Gasteiger partial charge in [0.05, 0.1) is 18.4 Å². The van der Waals surface area contributed by atoms with Crippen LogP contribution in [0.3, 0.4) is 0 Å². The number of hydrogen-bond acceptors (Lipinski definition) is 4. The molecule has 2 aromatic carbocycles. The average Bonchev–Trinajstić information content (AvgIpc) is 3.14. The summed E-state index contributed by atoms with van der Waals surface area (Å²) in [5.41, 5.74) is 1.06. The zero-order valence-electron chi connectivity index (χ0n) is 14.1. The number of nitrogens with zero attached hydrogens (tertiary/aromatic N) is 2. The van der Waals surface area contributed by atoms with Crippen LogP contribution in [0.5, 0.6) is 0 Å². The van der Waals surface area contributed by atoms with Crippen molar-refractivity contribution in [1.82, 2.24) is 4.98 Å². The van der Waals surface area contributed by atoms with E-state index < -0.39 is 0 Å². The van der Waals surface area contributed by atoms with E-state index in [1.807, 2.05) is 30.3 Å². The summed E-state index contributed by atoms with van der Waals surface area (Å²) in [6.07, 6.45) is 1.93. The number of para-hydroxylation sites is 1. The summed E-state index contributed by atoms with van der Waals surface area (Å²) in [6, 6.07) is 15.5.